The highest BCUT2D eigenvalue weighted by Gasteiger charge is 2.34. The van der Waals surface area contributed by atoms with Crippen LogP contribution in [0.3, 0.4) is 0 Å². The van der Waals surface area contributed by atoms with Crippen LogP contribution in [0.4, 0.5) is 0 Å². The number of Topliss-reactive ketones (excluding diaryl/α,β-unsaturated/α-hetero) is 1. The van der Waals surface area contributed by atoms with E-state index in [2.05, 4.69) is 24.0 Å². The van der Waals surface area contributed by atoms with Crippen LogP contribution in [0.2, 0.25) is 5.02 Å². The molecule has 0 fully saturated rings. The minimum absolute atomic E-state index is 0.0213. The summed E-state index contributed by atoms with van der Waals surface area (Å²) in [5.74, 6) is 0.915. The first-order valence-corrected chi connectivity index (χ1v) is 15.1. The van der Waals surface area contributed by atoms with Crippen molar-refractivity contribution in [3.63, 3.8) is 0 Å². The Kier molecular flexibility index (Phi) is 7.43. The zero-order valence-corrected chi connectivity index (χ0v) is 25.6. The molecule has 45 heavy (non-hydrogen) atoms. The number of aromatic nitrogens is 3. The molecular formula is C36H30ClN5O3. The number of para-hydroxylation sites is 4. The van der Waals surface area contributed by atoms with E-state index < -0.39 is 0 Å². The molecule has 1 unspecified atom stereocenters. The van der Waals surface area contributed by atoms with Crippen LogP contribution in [0.25, 0.3) is 27.5 Å². The number of methoxy groups -OCH3 is 1. The Morgan fingerprint density at radius 3 is 2.49 bits per heavy atom. The van der Waals surface area contributed by atoms with Gasteiger partial charge in [0, 0.05) is 34.1 Å². The lowest BCUT2D eigenvalue weighted by Gasteiger charge is -2.24. The number of benzene rings is 4. The van der Waals surface area contributed by atoms with Gasteiger partial charge in [0.15, 0.2) is 5.78 Å². The molecule has 0 aliphatic carbocycles. The van der Waals surface area contributed by atoms with E-state index in [4.69, 9.17) is 26.4 Å². The predicted octanol–water partition coefficient (Wildman–Crippen LogP) is 6.80. The molecule has 224 valence electrons. The Morgan fingerprint density at radius 1 is 0.956 bits per heavy atom. The molecule has 0 saturated heterocycles. The fourth-order valence-corrected chi connectivity index (χ4v) is 6.54. The number of hydrazone groups is 1. The summed E-state index contributed by atoms with van der Waals surface area (Å²) in [7, 11) is 1.64. The number of hydrogen-bond acceptors (Lipinski definition) is 6. The Balaban J connectivity index is 1.29. The number of halogens is 1. The number of rotatable bonds is 8. The summed E-state index contributed by atoms with van der Waals surface area (Å²) in [5, 5.41) is 8.83. The second kappa shape index (κ2) is 11.7. The first kappa shape index (κ1) is 28.6. The lowest BCUT2D eigenvalue weighted by molar-refractivity contribution is -0.120. The summed E-state index contributed by atoms with van der Waals surface area (Å²) in [4.78, 5) is 36.0. The van der Waals surface area contributed by atoms with Crippen molar-refractivity contribution in [2.24, 2.45) is 5.10 Å². The molecule has 1 aliphatic heterocycles. The van der Waals surface area contributed by atoms with Crippen LogP contribution < -0.4 is 10.3 Å². The van der Waals surface area contributed by atoms with Crippen LogP contribution in [0.15, 0.2) is 107 Å². The molecule has 3 heterocycles. The molecule has 0 spiro atoms. The van der Waals surface area contributed by atoms with E-state index in [0.717, 1.165) is 39.2 Å². The number of aromatic amines is 1. The van der Waals surface area contributed by atoms with Crippen molar-refractivity contribution in [2.75, 3.05) is 13.7 Å². The molecule has 8 nitrogen and oxygen atoms in total. The van der Waals surface area contributed by atoms with Crippen LogP contribution in [-0.2, 0) is 11.2 Å². The van der Waals surface area contributed by atoms with Gasteiger partial charge >= 0.3 is 0 Å². The average Bonchev–Trinajstić information content (AvgIpc) is 3.60. The number of fused-ring (bicyclic) bond motifs is 2. The third-order valence-electron chi connectivity index (χ3n) is 8.32. The van der Waals surface area contributed by atoms with E-state index in [1.54, 1.807) is 49.6 Å². The summed E-state index contributed by atoms with van der Waals surface area (Å²) in [6.45, 7) is 2.07. The number of aryl methyl sites for hydroxylation is 1. The monoisotopic (exact) mass is 615 g/mol. The molecule has 2 aromatic heterocycles. The van der Waals surface area contributed by atoms with Crippen molar-refractivity contribution in [3.05, 3.63) is 135 Å². The first-order chi connectivity index (χ1) is 21.9. The van der Waals surface area contributed by atoms with Gasteiger partial charge in [-0.3, -0.25) is 19.2 Å². The van der Waals surface area contributed by atoms with Gasteiger partial charge in [0.25, 0.3) is 5.56 Å². The van der Waals surface area contributed by atoms with E-state index >= 15 is 0 Å². The molecule has 0 bridgehead atoms. The van der Waals surface area contributed by atoms with Crippen molar-refractivity contribution in [2.45, 2.75) is 25.8 Å². The number of ether oxygens (including phenoxy) is 1. The topological polar surface area (TPSA) is 92.6 Å². The third kappa shape index (κ3) is 5.17. The van der Waals surface area contributed by atoms with E-state index in [9.17, 15) is 9.59 Å². The average molecular weight is 616 g/mol. The standard InChI is InChI=1S/C36H30ClN5O3/c1-22-35(25-12-3-7-15-28(25)38-22)32-20-30(24-11-5-10-18-33(24)45-2)40-41(32)21-23(43)19-34-39-29-16-8-4-13-26(29)36(44)42(34)31-17-9-6-14-27(31)37/h3-18,32,38H,19-21H2,1-2H3. The maximum atomic E-state index is 14.0. The highest BCUT2D eigenvalue weighted by molar-refractivity contribution is 6.32. The number of hydrogen-bond donors (Lipinski definition) is 1. The van der Waals surface area contributed by atoms with Gasteiger partial charge in [0.1, 0.15) is 11.6 Å². The molecule has 1 N–H and O–H groups in total. The van der Waals surface area contributed by atoms with Crippen LogP contribution in [0.1, 0.15) is 35.1 Å². The SMILES string of the molecule is COc1ccccc1C1=NN(CC(=O)Cc2nc3ccccc3c(=O)n2-c2ccccc2Cl)C(c2c(C)[nH]c3ccccc23)C1. The van der Waals surface area contributed by atoms with Gasteiger partial charge in [-0.25, -0.2) is 4.98 Å². The third-order valence-corrected chi connectivity index (χ3v) is 8.64. The Labute approximate surface area is 264 Å². The zero-order valence-electron chi connectivity index (χ0n) is 24.8. The number of carbonyl (C=O) groups is 1. The molecule has 1 atom stereocenters. The van der Waals surface area contributed by atoms with Gasteiger partial charge in [-0.05, 0) is 49.4 Å². The summed E-state index contributed by atoms with van der Waals surface area (Å²) < 4.78 is 7.12. The quantitative estimate of drug-likeness (QED) is 0.203. The van der Waals surface area contributed by atoms with Crippen molar-refractivity contribution >= 4 is 44.9 Å². The number of nitrogens with zero attached hydrogens (tertiary/aromatic N) is 4. The van der Waals surface area contributed by atoms with Gasteiger partial charge in [0.05, 0.1) is 53.4 Å². The molecule has 9 heteroatoms. The summed E-state index contributed by atoms with van der Waals surface area (Å²) in [5.41, 5.74) is 5.62. The molecule has 7 rings (SSSR count). The van der Waals surface area contributed by atoms with Gasteiger partial charge in [-0.1, -0.05) is 66.2 Å². The number of H-pyrrole nitrogens is 1. The lowest BCUT2D eigenvalue weighted by Crippen LogP contribution is -2.30. The Hall–Kier alpha value is -5.21. The van der Waals surface area contributed by atoms with Gasteiger partial charge in [-0.2, -0.15) is 5.10 Å². The predicted molar refractivity (Wildman–Crippen MR) is 178 cm³/mol. The largest absolute Gasteiger partial charge is 0.496 e. The van der Waals surface area contributed by atoms with Crippen LogP contribution in [0.5, 0.6) is 5.75 Å². The minimum atomic E-state index is -0.276. The summed E-state index contributed by atoms with van der Waals surface area (Å²) in [6, 6.07) is 30.0. The van der Waals surface area contributed by atoms with E-state index in [-0.39, 0.29) is 30.3 Å². The normalized spacial score (nSPS) is 14.7. The van der Waals surface area contributed by atoms with Crippen LogP contribution >= 0.6 is 11.6 Å². The fraction of sp³-hybridized carbons (Fsp3) is 0.167. The molecule has 4 aromatic carbocycles. The molecule has 1 aliphatic rings. The Bertz CT molecular complexity index is 2180. The molecule has 0 radical (unpaired) electrons. The van der Waals surface area contributed by atoms with E-state index in [0.29, 0.717) is 33.9 Å². The number of nitrogens with one attached hydrogen (secondary N) is 1. The first-order valence-electron chi connectivity index (χ1n) is 14.7. The highest BCUT2D eigenvalue weighted by Crippen LogP contribution is 2.39. The van der Waals surface area contributed by atoms with Crippen LogP contribution in [0, 0.1) is 6.92 Å². The smallest absolute Gasteiger partial charge is 0.266 e. The van der Waals surface area contributed by atoms with Crippen LogP contribution in [-0.4, -0.2) is 44.7 Å². The second-order valence-corrected chi connectivity index (χ2v) is 11.5. The zero-order chi connectivity index (χ0) is 31.1. The molecule has 0 saturated carbocycles. The summed E-state index contributed by atoms with van der Waals surface area (Å²) in [6.07, 6.45) is 0.510. The Morgan fingerprint density at radius 2 is 1.67 bits per heavy atom. The fourth-order valence-electron chi connectivity index (χ4n) is 6.32. The van der Waals surface area contributed by atoms with Gasteiger partial charge < -0.3 is 9.72 Å². The number of ketones is 1. The maximum absolute atomic E-state index is 14.0. The summed E-state index contributed by atoms with van der Waals surface area (Å²) >= 11 is 6.55. The van der Waals surface area contributed by atoms with E-state index in [1.165, 1.54) is 4.57 Å². The highest BCUT2D eigenvalue weighted by atomic mass is 35.5. The maximum Gasteiger partial charge on any atom is 0.266 e. The van der Waals surface area contributed by atoms with Crippen molar-refractivity contribution in [1.29, 1.82) is 0 Å². The van der Waals surface area contributed by atoms with E-state index in [1.807, 2.05) is 47.5 Å². The lowest BCUT2D eigenvalue weighted by atomic mass is 9.95. The molecular weight excluding hydrogens is 586 g/mol. The van der Waals surface area contributed by atoms with Gasteiger partial charge in [-0.15, -0.1) is 0 Å². The van der Waals surface area contributed by atoms with Crippen molar-refractivity contribution < 1.29 is 9.53 Å². The second-order valence-electron chi connectivity index (χ2n) is 11.1. The van der Waals surface area contributed by atoms with Gasteiger partial charge in [0.2, 0.25) is 0 Å². The number of carbonyl (C=O) groups excluding carboxylic acids is 1. The van der Waals surface area contributed by atoms with Crippen molar-refractivity contribution in [1.82, 2.24) is 19.5 Å². The minimum Gasteiger partial charge on any atom is -0.496 e. The molecule has 6 aromatic rings. The van der Waals surface area contributed by atoms with Crippen molar-refractivity contribution in [3.8, 4) is 11.4 Å². The molecule has 0 amide bonds.